The summed E-state index contributed by atoms with van der Waals surface area (Å²) in [4.78, 5) is 58.9. The summed E-state index contributed by atoms with van der Waals surface area (Å²) in [5.41, 5.74) is 31.6. The van der Waals surface area contributed by atoms with Gasteiger partial charge < -0.3 is 70.1 Å². The van der Waals surface area contributed by atoms with E-state index in [-0.39, 0.29) is 25.3 Å². The zero-order valence-corrected chi connectivity index (χ0v) is 28.2. The molecular weight excluding hydrogens is 664 g/mol. The SMILES string of the molecule is CC(C)C[C@H](N)C(=O)O.C[C@H](N)C(=O)O.NCC(=O)O.NCC(=O)O.N[C@@H](Cc1ccc(O)cc1)C(=O)O.N[C@@H](Cc1ccccc1)C(=O)O. The quantitative estimate of drug-likeness (QED) is 0.124. The number of hydrogen-bond donors (Lipinski definition) is 13. The third-order valence-electron chi connectivity index (χ3n) is 5.11. The molecule has 0 radical (unpaired) electrons. The Morgan fingerprint density at radius 1 is 0.540 bits per heavy atom. The second-order valence-corrected chi connectivity index (χ2v) is 10.3. The lowest BCUT2D eigenvalue weighted by molar-refractivity contribution is -0.139. The van der Waals surface area contributed by atoms with Gasteiger partial charge in [0.2, 0.25) is 0 Å². The Hall–Kier alpha value is -5.18. The molecule has 284 valence electrons. The number of phenolic OH excluding ortho intramolecular Hbond substituents is 1. The number of aliphatic carboxylic acids is 6. The van der Waals surface area contributed by atoms with Gasteiger partial charge in [0, 0.05) is 0 Å². The van der Waals surface area contributed by atoms with Crippen LogP contribution in [0.15, 0.2) is 54.6 Å². The highest BCUT2D eigenvalue weighted by Crippen LogP contribution is 2.10. The van der Waals surface area contributed by atoms with Crippen molar-refractivity contribution in [2.45, 2.75) is 64.2 Å². The van der Waals surface area contributed by atoms with E-state index >= 15 is 0 Å². The minimum absolute atomic E-state index is 0.160. The predicted molar refractivity (Wildman–Crippen MR) is 183 cm³/mol. The number of rotatable bonds is 12. The van der Waals surface area contributed by atoms with Crippen molar-refractivity contribution in [1.82, 2.24) is 0 Å². The largest absolute Gasteiger partial charge is 0.508 e. The summed E-state index contributed by atoms with van der Waals surface area (Å²) < 4.78 is 0. The summed E-state index contributed by atoms with van der Waals surface area (Å²) in [6.07, 6.45) is 1.21. The molecule has 4 atom stereocenters. The van der Waals surface area contributed by atoms with E-state index in [1.165, 1.54) is 19.1 Å². The molecule has 0 bridgehead atoms. The van der Waals surface area contributed by atoms with Crippen LogP contribution in [0, 0.1) is 5.92 Å². The van der Waals surface area contributed by atoms with Crippen LogP contribution in [0.1, 0.15) is 38.3 Å². The first-order chi connectivity index (χ1) is 23.0. The van der Waals surface area contributed by atoms with Crippen molar-refractivity contribution in [3.05, 3.63) is 65.7 Å². The maximum atomic E-state index is 10.4. The highest BCUT2D eigenvalue weighted by molar-refractivity contribution is 5.74. The number of hydrogen-bond acceptors (Lipinski definition) is 13. The molecular formula is C31H52N6O13. The van der Waals surface area contributed by atoms with Crippen LogP contribution < -0.4 is 34.4 Å². The summed E-state index contributed by atoms with van der Waals surface area (Å²) >= 11 is 0. The molecule has 19 heteroatoms. The number of phenols is 1. The molecule has 0 heterocycles. The van der Waals surface area contributed by atoms with Crippen molar-refractivity contribution in [3.8, 4) is 5.75 Å². The summed E-state index contributed by atoms with van der Waals surface area (Å²) in [7, 11) is 0. The molecule has 0 spiro atoms. The third-order valence-corrected chi connectivity index (χ3v) is 5.11. The van der Waals surface area contributed by atoms with E-state index in [4.69, 9.17) is 58.7 Å². The number of carbonyl (C=O) groups is 6. The molecule has 0 amide bonds. The van der Waals surface area contributed by atoms with Gasteiger partial charge in [0.15, 0.2) is 0 Å². The molecule has 0 fully saturated rings. The predicted octanol–water partition coefficient (Wildman–Crippen LogP) is -1.09. The van der Waals surface area contributed by atoms with Crippen LogP contribution in [0.25, 0.3) is 0 Å². The van der Waals surface area contributed by atoms with Crippen LogP contribution in [0.4, 0.5) is 0 Å². The number of aromatic hydroxyl groups is 1. The zero-order chi connectivity index (χ0) is 40.0. The molecule has 0 unspecified atom stereocenters. The minimum atomic E-state index is -1.02. The third kappa shape index (κ3) is 37.3. The normalized spacial score (nSPS) is 11.8. The van der Waals surface area contributed by atoms with Crippen LogP contribution in [0.3, 0.4) is 0 Å². The van der Waals surface area contributed by atoms with Crippen molar-refractivity contribution in [2.75, 3.05) is 13.1 Å². The van der Waals surface area contributed by atoms with Crippen LogP contribution in [0.2, 0.25) is 0 Å². The van der Waals surface area contributed by atoms with Crippen LogP contribution in [-0.2, 0) is 41.6 Å². The average Bonchev–Trinajstić information content (AvgIpc) is 3.03. The second kappa shape index (κ2) is 31.1. The Bertz CT molecular complexity index is 1230. The maximum Gasteiger partial charge on any atom is 0.320 e. The van der Waals surface area contributed by atoms with Gasteiger partial charge in [0.1, 0.15) is 29.9 Å². The Labute approximate surface area is 289 Å². The molecule has 0 aliphatic heterocycles. The molecule has 2 rings (SSSR count). The molecule has 19 N–H and O–H groups in total. The number of carboxylic acid groups (broad SMARTS) is 6. The Morgan fingerprint density at radius 2 is 0.840 bits per heavy atom. The first kappa shape index (κ1) is 51.7. The van der Waals surface area contributed by atoms with Gasteiger partial charge in [0.05, 0.1) is 13.1 Å². The first-order valence-electron chi connectivity index (χ1n) is 14.6. The Morgan fingerprint density at radius 3 is 1.06 bits per heavy atom. The molecule has 0 aromatic heterocycles. The van der Waals surface area contributed by atoms with Gasteiger partial charge in [-0.15, -0.1) is 0 Å². The van der Waals surface area contributed by atoms with Gasteiger partial charge in [-0.25, -0.2) is 0 Å². The van der Waals surface area contributed by atoms with E-state index < -0.39 is 60.0 Å². The smallest absolute Gasteiger partial charge is 0.320 e. The molecule has 0 aliphatic rings. The van der Waals surface area contributed by atoms with Crippen molar-refractivity contribution in [1.29, 1.82) is 0 Å². The Balaban J connectivity index is -0.000000265. The lowest BCUT2D eigenvalue weighted by Crippen LogP contribution is -2.32. The van der Waals surface area contributed by atoms with Gasteiger partial charge in [-0.1, -0.05) is 56.3 Å². The lowest BCUT2D eigenvalue weighted by atomic mass is 10.1. The van der Waals surface area contributed by atoms with E-state index in [1.54, 1.807) is 12.1 Å². The fourth-order valence-electron chi connectivity index (χ4n) is 2.54. The highest BCUT2D eigenvalue weighted by atomic mass is 16.4. The van der Waals surface area contributed by atoms with E-state index in [0.717, 1.165) is 11.1 Å². The number of benzene rings is 2. The molecule has 0 saturated heterocycles. The topological polar surface area (TPSA) is 400 Å². The standard InChI is InChI=1S/C9H11NO3.C9H11NO2.C6H13NO2.C3H7NO2.2C2H5NO2/c10-8(9(12)13)5-6-1-3-7(11)4-2-6;10-8(9(11)12)6-7-4-2-1-3-5-7;1-4(2)3-5(7)6(8)9;1-2(4)3(5)6;2*3-1-2(4)5/h1-4,8,11H,5,10H2,(H,12,13);1-5,8H,6,10H2,(H,11,12);4-5H,3,7H2,1-2H3,(H,8,9);2H,4H2,1H3,(H,5,6);2*1,3H2,(H,4,5)/t2*8-;5-;2-;;/m0000../s1. The van der Waals surface area contributed by atoms with Crippen LogP contribution >= 0.6 is 0 Å². The van der Waals surface area contributed by atoms with Crippen LogP contribution in [0.5, 0.6) is 5.75 Å². The van der Waals surface area contributed by atoms with E-state index in [9.17, 15) is 28.8 Å². The Kier molecular flexibility index (Phi) is 32.1. The second-order valence-electron chi connectivity index (χ2n) is 10.3. The molecule has 2 aromatic rings. The summed E-state index contributed by atoms with van der Waals surface area (Å²) in [5, 5.41) is 57.4. The monoisotopic (exact) mass is 716 g/mol. The van der Waals surface area contributed by atoms with Crippen LogP contribution in [-0.4, -0.2) is 109 Å². The van der Waals surface area contributed by atoms with Crippen molar-refractivity contribution >= 4 is 35.8 Å². The lowest BCUT2D eigenvalue weighted by Gasteiger charge is -2.07. The van der Waals surface area contributed by atoms with Crippen molar-refractivity contribution < 1.29 is 64.5 Å². The van der Waals surface area contributed by atoms with Gasteiger partial charge in [0.25, 0.3) is 0 Å². The number of carboxylic acids is 6. The summed E-state index contributed by atoms with van der Waals surface area (Å²) in [6, 6.07) is 12.5. The van der Waals surface area contributed by atoms with Gasteiger partial charge in [-0.05, 0) is 55.4 Å². The van der Waals surface area contributed by atoms with E-state index in [0.29, 0.717) is 18.8 Å². The molecule has 0 saturated carbocycles. The summed E-state index contributed by atoms with van der Waals surface area (Å²) in [5.74, 6) is -5.27. The van der Waals surface area contributed by atoms with Gasteiger partial charge >= 0.3 is 35.8 Å². The minimum Gasteiger partial charge on any atom is -0.508 e. The zero-order valence-electron chi connectivity index (χ0n) is 28.2. The number of nitrogens with two attached hydrogens (primary N) is 6. The van der Waals surface area contributed by atoms with E-state index in [2.05, 4.69) is 11.5 Å². The van der Waals surface area contributed by atoms with E-state index in [1.807, 2.05) is 44.2 Å². The molecule has 50 heavy (non-hydrogen) atoms. The van der Waals surface area contributed by atoms with Crippen molar-refractivity contribution in [3.63, 3.8) is 0 Å². The fourth-order valence-corrected chi connectivity index (χ4v) is 2.54. The fraction of sp³-hybridized carbons (Fsp3) is 0.419. The highest BCUT2D eigenvalue weighted by Gasteiger charge is 2.13. The molecule has 0 aliphatic carbocycles. The maximum absolute atomic E-state index is 10.4. The summed E-state index contributed by atoms with van der Waals surface area (Å²) in [6.45, 7) is 4.76. The first-order valence-corrected chi connectivity index (χ1v) is 14.6. The van der Waals surface area contributed by atoms with Gasteiger partial charge in [-0.3, -0.25) is 28.8 Å². The van der Waals surface area contributed by atoms with Crippen molar-refractivity contribution in [2.24, 2.45) is 40.3 Å². The van der Waals surface area contributed by atoms with Gasteiger partial charge in [-0.2, -0.15) is 0 Å². The average molecular weight is 717 g/mol. The molecule has 2 aromatic carbocycles. The molecule has 19 nitrogen and oxygen atoms in total.